The molecule has 0 saturated heterocycles. The molecule has 0 aliphatic heterocycles. The van der Waals surface area contributed by atoms with Crippen molar-refractivity contribution in [2.45, 2.75) is 31.6 Å². The largest absolute Gasteiger partial charge is 0.310 e. The summed E-state index contributed by atoms with van der Waals surface area (Å²) < 4.78 is 7.66. The molecule has 2 unspecified atom stereocenters. The summed E-state index contributed by atoms with van der Waals surface area (Å²) in [5.74, 6) is 1.61. The first-order valence-corrected chi connectivity index (χ1v) is 6.89. The van der Waals surface area contributed by atoms with Crippen molar-refractivity contribution >= 4 is 11.0 Å². The monoisotopic (exact) mass is 283 g/mol. The Hall–Kier alpha value is -2.57. The fourth-order valence-electron chi connectivity index (χ4n) is 2.73. The lowest BCUT2D eigenvalue weighted by atomic mass is 9.72. The molecule has 3 heterocycles. The van der Waals surface area contributed by atoms with Crippen LogP contribution in [0.5, 0.6) is 0 Å². The molecule has 106 valence electrons. The Labute approximate surface area is 121 Å². The molecule has 0 bridgehead atoms. The number of aromatic nitrogens is 6. The highest BCUT2D eigenvalue weighted by Gasteiger charge is 2.37. The fraction of sp³-hybridized carbons (Fsp3) is 0.357. The molecule has 0 aromatic carbocycles. The van der Waals surface area contributed by atoms with E-state index >= 15 is 0 Å². The maximum atomic E-state index is 12.1. The van der Waals surface area contributed by atoms with Gasteiger partial charge in [0.2, 0.25) is 0 Å². The van der Waals surface area contributed by atoms with Crippen LogP contribution in [0, 0.1) is 6.92 Å². The quantitative estimate of drug-likeness (QED) is 0.740. The Bertz CT molecular complexity index is 900. The summed E-state index contributed by atoms with van der Waals surface area (Å²) in [6.07, 6.45) is 6.85. The third kappa shape index (κ3) is 1.93. The van der Waals surface area contributed by atoms with Crippen LogP contribution in [-0.2, 0) is 0 Å². The van der Waals surface area contributed by atoms with Gasteiger partial charge in [-0.15, -0.1) is 0 Å². The number of hydrogen-bond donors (Lipinski definition) is 2. The summed E-state index contributed by atoms with van der Waals surface area (Å²) in [4.78, 5) is 28.1. The van der Waals surface area contributed by atoms with E-state index in [0.29, 0.717) is 11.2 Å². The van der Waals surface area contributed by atoms with Crippen LogP contribution < -0.4 is 5.56 Å². The van der Waals surface area contributed by atoms with Crippen LogP contribution in [0.2, 0.25) is 1.41 Å². The zero-order chi connectivity index (χ0) is 15.3. The van der Waals surface area contributed by atoms with Crippen molar-refractivity contribution in [3.63, 3.8) is 0 Å². The lowest BCUT2D eigenvalue weighted by Gasteiger charge is -2.34. The van der Waals surface area contributed by atoms with E-state index in [1.807, 2.05) is 6.92 Å². The van der Waals surface area contributed by atoms with Crippen molar-refractivity contribution in [2.24, 2.45) is 0 Å². The molecule has 7 nitrogen and oxygen atoms in total. The first-order valence-electron chi connectivity index (χ1n) is 7.34. The van der Waals surface area contributed by atoms with E-state index < -0.39 is 0 Å². The average Bonchev–Trinajstić information content (AvgIpc) is 2.83. The minimum atomic E-state index is -0.256. The van der Waals surface area contributed by atoms with Crippen LogP contribution in [0.25, 0.3) is 11.0 Å². The normalized spacial score (nSPS) is 22.0. The molecule has 3 aromatic rings. The van der Waals surface area contributed by atoms with Gasteiger partial charge in [-0.25, -0.2) is 15.0 Å². The number of rotatable bonds is 2. The van der Waals surface area contributed by atoms with E-state index in [0.717, 1.165) is 29.3 Å². The number of aryl methyl sites for hydroxylation is 1. The second-order valence-corrected chi connectivity index (χ2v) is 5.44. The summed E-state index contributed by atoms with van der Waals surface area (Å²) >= 11 is 0. The zero-order valence-corrected chi connectivity index (χ0v) is 11.4. The van der Waals surface area contributed by atoms with Crippen LogP contribution >= 0.6 is 0 Å². The number of fused-ring (bicyclic) bond motifs is 1. The van der Waals surface area contributed by atoms with Gasteiger partial charge in [0.05, 0.1) is 6.20 Å². The summed E-state index contributed by atoms with van der Waals surface area (Å²) in [6, 6.07) is 0. The summed E-state index contributed by atoms with van der Waals surface area (Å²) in [7, 11) is 0. The van der Waals surface area contributed by atoms with Crippen LogP contribution in [0.3, 0.4) is 0 Å². The van der Waals surface area contributed by atoms with Gasteiger partial charge >= 0.3 is 0 Å². The van der Waals surface area contributed by atoms with E-state index in [4.69, 9.17) is 1.41 Å². The lowest BCUT2D eigenvalue weighted by molar-refractivity contribution is 0.319. The van der Waals surface area contributed by atoms with Crippen molar-refractivity contribution in [3.8, 4) is 0 Å². The third-order valence-corrected chi connectivity index (χ3v) is 4.05. The standard InChI is InChI=1S/C14H14N6O/c1-7-4-15-11(16-5-7)8-2-3-9(8)12-18-13-10(6-17-20-13)14(21)19-12/h4-6,8-9H,2-3H2,1H3,(H2,17,18,19,20,21)/i/hD. The molecular weight excluding hydrogens is 268 g/mol. The van der Waals surface area contributed by atoms with Crippen molar-refractivity contribution in [1.82, 2.24) is 30.1 Å². The summed E-state index contributed by atoms with van der Waals surface area (Å²) in [5, 5.41) is 4.98. The van der Waals surface area contributed by atoms with Gasteiger partial charge < -0.3 is 4.98 Å². The molecule has 1 aliphatic carbocycles. The molecule has 0 amide bonds. The van der Waals surface area contributed by atoms with Gasteiger partial charge in [-0.3, -0.25) is 9.89 Å². The third-order valence-electron chi connectivity index (χ3n) is 4.05. The van der Waals surface area contributed by atoms with Crippen LogP contribution in [0.4, 0.5) is 0 Å². The van der Waals surface area contributed by atoms with E-state index in [1.165, 1.54) is 6.20 Å². The first-order chi connectivity index (χ1) is 10.6. The molecule has 2 atom stereocenters. The van der Waals surface area contributed by atoms with Crippen LogP contribution in [0.1, 0.15) is 41.9 Å². The Balaban J connectivity index is 1.74. The molecule has 0 radical (unpaired) electrons. The molecule has 1 fully saturated rings. The smallest absolute Gasteiger partial charge is 0.262 e. The summed E-state index contributed by atoms with van der Waals surface area (Å²) in [5.41, 5.74) is 1.05. The molecule has 21 heavy (non-hydrogen) atoms. The van der Waals surface area contributed by atoms with Gasteiger partial charge in [0.1, 0.15) is 17.0 Å². The first kappa shape index (κ1) is 11.1. The Kier molecular flexibility index (Phi) is 2.37. The van der Waals surface area contributed by atoms with Crippen molar-refractivity contribution in [3.05, 3.63) is 46.2 Å². The molecule has 1 saturated carbocycles. The van der Waals surface area contributed by atoms with Gasteiger partial charge in [0, 0.05) is 24.2 Å². The number of nitrogens with zero attached hydrogens (tertiary/aromatic N) is 4. The van der Waals surface area contributed by atoms with E-state index in [2.05, 4.69) is 25.0 Å². The topological polar surface area (TPSA) is 100 Å². The Morgan fingerprint density at radius 1 is 1.24 bits per heavy atom. The maximum absolute atomic E-state index is 12.1. The van der Waals surface area contributed by atoms with Gasteiger partial charge in [-0.05, 0) is 25.3 Å². The van der Waals surface area contributed by atoms with E-state index in [9.17, 15) is 4.79 Å². The van der Waals surface area contributed by atoms with Gasteiger partial charge in [0.25, 0.3) is 5.56 Å². The van der Waals surface area contributed by atoms with Crippen molar-refractivity contribution in [2.75, 3.05) is 0 Å². The Morgan fingerprint density at radius 2 is 2.00 bits per heavy atom. The second kappa shape index (κ2) is 4.47. The fourth-order valence-corrected chi connectivity index (χ4v) is 2.73. The number of nitrogens with one attached hydrogen (secondary N) is 2. The SMILES string of the molecule is [2H]n1ncc2c(=O)[nH]c(C3CCC3c3ncc(C)cn3)nc21. The van der Waals surface area contributed by atoms with Gasteiger partial charge in [-0.2, -0.15) is 5.10 Å². The number of hydrogen-bond acceptors (Lipinski definition) is 5. The van der Waals surface area contributed by atoms with E-state index in [-0.39, 0.29) is 23.0 Å². The molecule has 4 rings (SSSR count). The zero-order valence-electron chi connectivity index (χ0n) is 12.4. The average molecular weight is 283 g/mol. The van der Waals surface area contributed by atoms with Crippen LogP contribution in [0.15, 0.2) is 23.4 Å². The highest BCUT2D eigenvalue weighted by Crippen LogP contribution is 2.46. The number of aromatic amines is 2. The molecule has 2 N–H and O–H groups in total. The van der Waals surface area contributed by atoms with E-state index in [1.54, 1.807) is 12.4 Å². The Morgan fingerprint density at radius 3 is 2.71 bits per heavy atom. The molecular formula is C14H14N6O. The predicted molar refractivity (Wildman–Crippen MR) is 76.0 cm³/mol. The van der Waals surface area contributed by atoms with Crippen molar-refractivity contribution < 1.29 is 1.41 Å². The number of H-pyrrole nitrogens is 2. The van der Waals surface area contributed by atoms with Crippen LogP contribution in [-0.4, -0.2) is 30.1 Å². The molecule has 3 aromatic heterocycles. The maximum Gasteiger partial charge on any atom is 0.262 e. The van der Waals surface area contributed by atoms with Gasteiger partial charge in [-0.1, -0.05) is 0 Å². The minimum absolute atomic E-state index is 0.0784. The lowest BCUT2D eigenvalue weighted by Crippen LogP contribution is -2.27. The predicted octanol–water partition coefficient (Wildman–Crippen LogP) is 1.41. The molecule has 1 aliphatic rings. The molecule has 7 heteroatoms. The summed E-state index contributed by atoms with van der Waals surface area (Å²) in [6.45, 7) is 1.95. The van der Waals surface area contributed by atoms with Gasteiger partial charge in [0.15, 0.2) is 7.06 Å². The molecule has 0 spiro atoms. The highest BCUT2D eigenvalue weighted by molar-refractivity contribution is 5.72. The van der Waals surface area contributed by atoms with Crippen molar-refractivity contribution in [1.29, 1.82) is 0 Å². The highest BCUT2D eigenvalue weighted by atomic mass is 16.1. The minimum Gasteiger partial charge on any atom is -0.310 e. The second-order valence-electron chi connectivity index (χ2n) is 5.44.